The van der Waals surface area contributed by atoms with Gasteiger partial charge < -0.3 is 15.3 Å². The number of rotatable bonds is 6. The highest BCUT2D eigenvalue weighted by Gasteiger charge is 2.30. The molecule has 2 aromatic carbocycles. The lowest BCUT2D eigenvalue weighted by Gasteiger charge is -2.26. The molecule has 0 spiro atoms. The summed E-state index contributed by atoms with van der Waals surface area (Å²) in [5, 5.41) is 44.0. The van der Waals surface area contributed by atoms with Crippen LogP contribution in [0.5, 0.6) is 5.75 Å². The fourth-order valence-electron chi connectivity index (χ4n) is 2.97. The number of nitrogens with zero attached hydrogens (tertiary/aromatic N) is 4. The Morgan fingerprint density at radius 1 is 0.939 bits per heavy atom. The number of nitro groups is 3. The number of phenols is 1. The van der Waals surface area contributed by atoms with Crippen LogP contribution in [-0.4, -0.2) is 50.3 Å². The summed E-state index contributed by atoms with van der Waals surface area (Å²) in [5.41, 5.74) is -2.07. The van der Waals surface area contributed by atoms with Gasteiger partial charge in [-0.1, -0.05) is 11.6 Å². The number of halogens is 1. The van der Waals surface area contributed by atoms with Gasteiger partial charge in [0.25, 0.3) is 11.4 Å². The fraction of sp³-hybridized carbons (Fsp3) is 0.316. The maximum Gasteiger partial charge on any atom is 0.324 e. The molecule has 0 unspecified atom stereocenters. The third kappa shape index (κ3) is 7.28. The molecule has 3 rings (SSSR count). The van der Waals surface area contributed by atoms with E-state index in [-0.39, 0.29) is 5.91 Å². The molecule has 0 aromatic heterocycles. The van der Waals surface area contributed by atoms with Crippen molar-refractivity contribution in [1.29, 1.82) is 0 Å². The highest BCUT2D eigenvalue weighted by molar-refractivity contribution is 6.30. The number of non-ortho nitro benzene ring substituents is 1. The molecular formula is C19H20ClN5O8. The van der Waals surface area contributed by atoms with E-state index in [1.54, 1.807) is 0 Å². The standard InChI is InChI=1S/C13H17ClN2O.C6H3N3O7/c14-11-4-6-12(7-5-11)15-10-13(17)16-8-2-1-3-9-16;10-6-4(8(13)14)1-3(7(11)12)2-5(6)9(15)16/h4-7,15H,1-3,8-10H2;1-2,10H. The summed E-state index contributed by atoms with van der Waals surface area (Å²) in [6.07, 6.45) is 3.51. The quantitative estimate of drug-likeness (QED) is 0.456. The van der Waals surface area contributed by atoms with Crippen LogP contribution in [-0.2, 0) is 4.79 Å². The zero-order valence-electron chi connectivity index (χ0n) is 17.2. The summed E-state index contributed by atoms with van der Waals surface area (Å²) in [4.78, 5) is 41.6. The van der Waals surface area contributed by atoms with Gasteiger partial charge in [0, 0.05) is 23.8 Å². The number of anilines is 1. The van der Waals surface area contributed by atoms with Gasteiger partial charge in [-0.25, -0.2) is 0 Å². The third-order valence-corrected chi connectivity index (χ3v) is 4.91. The molecule has 33 heavy (non-hydrogen) atoms. The Kier molecular flexibility index (Phi) is 8.86. The first-order valence-electron chi connectivity index (χ1n) is 9.67. The lowest BCUT2D eigenvalue weighted by atomic mass is 10.1. The van der Waals surface area contributed by atoms with Crippen LogP contribution in [0.2, 0.25) is 5.02 Å². The number of likely N-dealkylation sites (tertiary alicyclic amines) is 1. The minimum atomic E-state index is -1.21. The number of benzene rings is 2. The van der Waals surface area contributed by atoms with Crippen molar-refractivity contribution in [3.05, 3.63) is 71.8 Å². The Bertz CT molecular complexity index is 1010. The van der Waals surface area contributed by atoms with Crippen molar-refractivity contribution < 1.29 is 24.7 Å². The summed E-state index contributed by atoms with van der Waals surface area (Å²) in [6, 6.07) is 8.28. The van der Waals surface area contributed by atoms with Gasteiger partial charge in [-0.15, -0.1) is 0 Å². The summed E-state index contributed by atoms with van der Waals surface area (Å²) < 4.78 is 0. The maximum absolute atomic E-state index is 11.9. The van der Waals surface area contributed by atoms with E-state index >= 15 is 0 Å². The Morgan fingerprint density at radius 3 is 1.91 bits per heavy atom. The molecule has 2 N–H and O–H groups in total. The van der Waals surface area contributed by atoms with Gasteiger partial charge in [-0.2, -0.15) is 0 Å². The number of aromatic hydroxyl groups is 1. The molecule has 0 atom stereocenters. The minimum absolute atomic E-state index is 0.180. The molecule has 1 saturated heterocycles. The van der Waals surface area contributed by atoms with Crippen molar-refractivity contribution >= 4 is 40.3 Å². The summed E-state index contributed by atoms with van der Waals surface area (Å²) >= 11 is 5.79. The van der Waals surface area contributed by atoms with E-state index < -0.39 is 37.6 Å². The van der Waals surface area contributed by atoms with Crippen LogP contribution >= 0.6 is 11.6 Å². The smallest absolute Gasteiger partial charge is 0.324 e. The van der Waals surface area contributed by atoms with E-state index in [0.717, 1.165) is 31.6 Å². The van der Waals surface area contributed by atoms with Gasteiger partial charge in [0.05, 0.1) is 33.4 Å². The highest BCUT2D eigenvalue weighted by atomic mass is 35.5. The van der Waals surface area contributed by atoms with Crippen LogP contribution < -0.4 is 5.32 Å². The molecule has 0 aliphatic carbocycles. The number of hydrogen-bond donors (Lipinski definition) is 2. The molecule has 13 nitrogen and oxygen atoms in total. The summed E-state index contributed by atoms with van der Waals surface area (Å²) in [5.74, 6) is -1.03. The number of nitro benzene ring substituents is 3. The summed E-state index contributed by atoms with van der Waals surface area (Å²) in [7, 11) is 0. The third-order valence-electron chi connectivity index (χ3n) is 4.66. The van der Waals surface area contributed by atoms with Gasteiger partial charge in [0.1, 0.15) is 0 Å². The van der Waals surface area contributed by atoms with Crippen LogP contribution in [0.4, 0.5) is 22.7 Å². The number of piperidine rings is 1. The Labute approximate surface area is 192 Å². The molecule has 176 valence electrons. The molecule has 1 aliphatic rings. The van der Waals surface area contributed by atoms with Crippen LogP contribution in [0.15, 0.2) is 36.4 Å². The number of hydrogen-bond acceptors (Lipinski definition) is 9. The van der Waals surface area contributed by atoms with Crippen molar-refractivity contribution in [1.82, 2.24) is 4.90 Å². The molecule has 1 amide bonds. The second kappa shape index (κ2) is 11.6. The van der Waals surface area contributed by atoms with Crippen LogP contribution in [0.25, 0.3) is 0 Å². The Balaban J connectivity index is 0.000000234. The predicted octanol–water partition coefficient (Wildman–Crippen LogP) is 3.88. The fourth-order valence-corrected chi connectivity index (χ4v) is 3.10. The first-order chi connectivity index (χ1) is 15.6. The SMILES string of the molecule is O=C(CNc1ccc(Cl)cc1)N1CCCCC1.O=[N+]([O-])c1cc([N+](=O)[O-])c(O)c([N+](=O)[O-])c1. The average Bonchev–Trinajstić information content (AvgIpc) is 2.79. The van der Waals surface area contributed by atoms with Crippen molar-refractivity contribution in [2.24, 2.45) is 0 Å². The van der Waals surface area contributed by atoms with Crippen molar-refractivity contribution in [3.63, 3.8) is 0 Å². The number of carbonyl (C=O) groups excluding carboxylic acids is 1. The van der Waals surface area contributed by atoms with E-state index in [0.29, 0.717) is 23.7 Å². The van der Waals surface area contributed by atoms with Gasteiger partial charge in [-0.3, -0.25) is 35.1 Å². The van der Waals surface area contributed by atoms with Gasteiger partial charge >= 0.3 is 11.4 Å². The number of amides is 1. The first kappa shape index (κ1) is 25.3. The van der Waals surface area contributed by atoms with Crippen molar-refractivity contribution in [2.75, 3.05) is 25.0 Å². The van der Waals surface area contributed by atoms with Gasteiger partial charge in [-0.05, 0) is 43.5 Å². The minimum Gasteiger partial charge on any atom is -0.497 e. The normalized spacial score (nSPS) is 12.8. The average molecular weight is 482 g/mol. The predicted molar refractivity (Wildman–Crippen MR) is 118 cm³/mol. The maximum atomic E-state index is 11.9. The zero-order valence-corrected chi connectivity index (χ0v) is 17.9. The van der Waals surface area contributed by atoms with E-state index in [9.17, 15) is 35.1 Å². The lowest BCUT2D eigenvalue weighted by molar-refractivity contribution is -0.404. The monoisotopic (exact) mass is 481 g/mol. The number of nitrogens with one attached hydrogen (secondary N) is 1. The largest absolute Gasteiger partial charge is 0.497 e. The van der Waals surface area contributed by atoms with Gasteiger partial charge in [0.15, 0.2) is 0 Å². The van der Waals surface area contributed by atoms with E-state index in [1.807, 2.05) is 29.2 Å². The van der Waals surface area contributed by atoms with Crippen molar-refractivity contribution in [2.45, 2.75) is 19.3 Å². The molecule has 0 saturated carbocycles. The van der Waals surface area contributed by atoms with Crippen LogP contribution in [0, 0.1) is 30.3 Å². The zero-order chi connectivity index (χ0) is 24.5. The second-order valence-corrected chi connectivity index (χ2v) is 7.34. The Morgan fingerprint density at radius 2 is 1.45 bits per heavy atom. The van der Waals surface area contributed by atoms with Crippen LogP contribution in [0.3, 0.4) is 0 Å². The topological polar surface area (TPSA) is 182 Å². The van der Waals surface area contributed by atoms with E-state index in [4.69, 9.17) is 16.7 Å². The lowest BCUT2D eigenvalue weighted by Crippen LogP contribution is -2.39. The Hall–Kier alpha value is -4.00. The number of phenolic OH excluding ortho intramolecular Hbond substituents is 1. The molecule has 0 bridgehead atoms. The van der Waals surface area contributed by atoms with Crippen LogP contribution in [0.1, 0.15) is 19.3 Å². The highest BCUT2D eigenvalue weighted by Crippen LogP contribution is 2.38. The molecular weight excluding hydrogens is 462 g/mol. The summed E-state index contributed by atoms with van der Waals surface area (Å²) in [6.45, 7) is 2.17. The first-order valence-corrected chi connectivity index (χ1v) is 10.1. The molecule has 2 aromatic rings. The van der Waals surface area contributed by atoms with E-state index in [2.05, 4.69) is 5.32 Å². The van der Waals surface area contributed by atoms with Gasteiger partial charge in [0.2, 0.25) is 5.91 Å². The number of carbonyl (C=O) groups is 1. The molecule has 1 fully saturated rings. The molecule has 0 radical (unpaired) electrons. The molecule has 14 heteroatoms. The second-order valence-electron chi connectivity index (χ2n) is 6.91. The molecule has 1 aliphatic heterocycles. The molecule has 1 heterocycles. The van der Waals surface area contributed by atoms with Crippen molar-refractivity contribution in [3.8, 4) is 5.75 Å². The van der Waals surface area contributed by atoms with E-state index in [1.165, 1.54) is 6.42 Å².